The number of rotatable bonds is 6. The van der Waals surface area contributed by atoms with Crippen LogP contribution in [0.3, 0.4) is 0 Å². The standard InChI is InChI=1S/C12H18ClN3O2/c1-8(4-5-18-3)15-12(17)9-6-10(13)16-11(7-9)14-2/h6-8H,4-5H2,1-3H3,(H,14,16)(H,15,17). The number of nitrogens with one attached hydrogen (secondary N) is 2. The van der Waals surface area contributed by atoms with Crippen molar-refractivity contribution >= 4 is 23.3 Å². The largest absolute Gasteiger partial charge is 0.385 e. The number of hydrogen-bond acceptors (Lipinski definition) is 4. The summed E-state index contributed by atoms with van der Waals surface area (Å²) in [7, 11) is 3.36. The molecule has 2 N–H and O–H groups in total. The van der Waals surface area contributed by atoms with E-state index in [1.54, 1.807) is 26.3 Å². The summed E-state index contributed by atoms with van der Waals surface area (Å²) in [6.45, 7) is 2.54. The van der Waals surface area contributed by atoms with Gasteiger partial charge in [0, 0.05) is 32.4 Å². The molecule has 1 aromatic heterocycles. The molecule has 1 unspecified atom stereocenters. The molecule has 0 aliphatic heterocycles. The lowest BCUT2D eigenvalue weighted by molar-refractivity contribution is 0.0929. The minimum absolute atomic E-state index is 0.0439. The van der Waals surface area contributed by atoms with E-state index in [-0.39, 0.29) is 17.1 Å². The molecule has 6 heteroatoms. The van der Waals surface area contributed by atoms with Crippen LogP contribution in [-0.2, 0) is 4.74 Å². The maximum Gasteiger partial charge on any atom is 0.251 e. The van der Waals surface area contributed by atoms with Crippen LogP contribution in [0.5, 0.6) is 0 Å². The number of aromatic nitrogens is 1. The van der Waals surface area contributed by atoms with Gasteiger partial charge in [0.1, 0.15) is 11.0 Å². The number of nitrogens with zero attached hydrogens (tertiary/aromatic N) is 1. The maximum absolute atomic E-state index is 12.0. The molecule has 1 heterocycles. The molecule has 1 amide bonds. The fourth-order valence-electron chi connectivity index (χ4n) is 1.43. The van der Waals surface area contributed by atoms with Gasteiger partial charge in [-0.1, -0.05) is 11.6 Å². The first kappa shape index (κ1) is 14.7. The average Bonchev–Trinajstić information content (AvgIpc) is 2.35. The van der Waals surface area contributed by atoms with Crippen molar-refractivity contribution < 1.29 is 9.53 Å². The van der Waals surface area contributed by atoms with Gasteiger partial charge in [-0.3, -0.25) is 4.79 Å². The Bertz CT molecular complexity index is 412. The monoisotopic (exact) mass is 271 g/mol. The third kappa shape index (κ3) is 4.50. The van der Waals surface area contributed by atoms with Crippen molar-refractivity contribution in [3.63, 3.8) is 0 Å². The second-order valence-corrected chi connectivity index (χ2v) is 4.36. The average molecular weight is 272 g/mol. The molecule has 0 radical (unpaired) electrons. The van der Waals surface area contributed by atoms with Gasteiger partial charge in [0.15, 0.2) is 0 Å². The molecule has 0 aromatic carbocycles. The Hall–Kier alpha value is -1.33. The summed E-state index contributed by atoms with van der Waals surface area (Å²) in [6.07, 6.45) is 0.764. The summed E-state index contributed by atoms with van der Waals surface area (Å²) in [5.41, 5.74) is 0.489. The Balaban J connectivity index is 2.68. The zero-order chi connectivity index (χ0) is 13.5. The van der Waals surface area contributed by atoms with Crippen molar-refractivity contribution in [2.24, 2.45) is 0 Å². The fraction of sp³-hybridized carbons (Fsp3) is 0.500. The van der Waals surface area contributed by atoms with Crippen molar-refractivity contribution in [3.8, 4) is 0 Å². The Labute approximate surface area is 112 Å². The molecule has 0 bridgehead atoms. The Morgan fingerprint density at radius 3 is 2.89 bits per heavy atom. The van der Waals surface area contributed by atoms with Crippen LogP contribution in [0.25, 0.3) is 0 Å². The van der Waals surface area contributed by atoms with Crippen molar-refractivity contribution in [2.75, 3.05) is 26.1 Å². The second-order valence-electron chi connectivity index (χ2n) is 3.97. The lowest BCUT2D eigenvalue weighted by atomic mass is 10.2. The lowest BCUT2D eigenvalue weighted by Crippen LogP contribution is -2.33. The van der Waals surface area contributed by atoms with E-state index in [1.165, 1.54) is 0 Å². The topological polar surface area (TPSA) is 63.2 Å². The van der Waals surface area contributed by atoms with Gasteiger partial charge >= 0.3 is 0 Å². The van der Waals surface area contributed by atoms with Crippen LogP contribution < -0.4 is 10.6 Å². The molecular formula is C12H18ClN3O2. The van der Waals surface area contributed by atoms with E-state index in [1.807, 2.05) is 6.92 Å². The molecule has 5 nitrogen and oxygen atoms in total. The summed E-state index contributed by atoms with van der Waals surface area (Å²) >= 11 is 5.84. The zero-order valence-corrected chi connectivity index (χ0v) is 11.5. The Morgan fingerprint density at radius 2 is 2.28 bits per heavy atom. The van der Waals surface area contributed by atoms with E-state index in [9.17, 15) is 4.79 Å². The van der Waals surface area contributed by atoms with Gasteiger partial charge in [0.05, 0.1) is 0 Å². The number of carbonyl (C=O) groups is 1. The van der Waals surface area contributed by atoms with Crippen LogP contribution in [0.1, 0.15) is 23.7 Å². The highest BCUT2D eigenvalue weighted by Crippen LogP contribution is 2.14. The zero-order valence-electron chi connectivity index (χ0n) is 10.8. The number of pyridine rings is 1. The molecule has 0 saturated heterocycles. The first-order valence-electron chi connectivity index (χ1n) is 5.72. The molecule has 100 valence electrons. The van der Waals surface area contributed by atoms with Gasteiger partial charge in [-0.05, 0) is 25.5 Å². The summed E-state index contributed by atoms with van der Waals surface area (Å²) in [5, 5.41) is 6.02. The highest BCUT2D eigenvalue weighted by atomic mass is 35.5. The van der Waals surface area contributed by atoms with Gasteiger partial charge in [-0.25, -0.2) is 4.98 Å². The summed E-state index contributed by atoms with van der Waals surface area (Å²) in [4.78, 5) is 16.0. The van der Waals surface area contributed by atoms with Crippen molar-refractivity contribution in [3.05, 3.63) is 22.8 Å². The van der Waals surface area contributed by atoms with E-state index in [0.717, 1.165) is 6.42 Å². The number of methoxy groups -OCH3 is 1. The quantitative estimate of drug-likeness (QED) is 0.776. The van der Waals surface area contributed by atoms with Crippen LogP contribution in [-0.4, -0.2) is 37.7 Å². The highest BCUT2D eigenvalue weighted by molar-refractivity contribution is 6.29. The summed E-state index contributed by atoms with van der Waals surface area (Å²) in [6, 6.07) is 3.24. The predicted octanol–water partition coefficient (Wildman–Crippen LogP) is 1.93. The maximum atomic E-state index is 12.0. The van der Waals surface area contributed by atoms with Crippen LogP contribution in [0.4, 0.5) is 5.82 Å². The van der Waals surface area contributed by atoms with Crippen LogP contribution >= 0.6 is 11.6 Å². The molecule has 1 rings (SSSR count). The minimum atomic E-state index is -0.167. The van der Waals surface area contributed by atoms with E-state index < -0.39 is 0 Å². The Morgan fingerprint density at radius 1 is 1.56 bits per heavy atom. The van der Waals surface area contributed by atoms with Crippen LogP contribution in [0.15, 0.2) is 12.1 Å². The molecule has 1 atom stereocenters. The van der Waals surface area contributed by atoms with Crippen LogP contribution in [0, 0.1) is 0 Å². The number of amides is 1. The lowest BCUT2D eigenvalue weighted by Gasteiger charge is -2.13. The Kier molecular flexibility index (Phi) is 5.88. The highest BCUT2D eigenvalue weighted by Gasteiger charge is 2.11. The van der Waals surface area contributed by atoms with Gasteiger partial charge < -0.3 is 15.4 Å². The smallest absolute Gasteiger partial charge is 0.251 e. The summed E-state index contributed by atoms with van der Waals surface area (Å²) < 4.78 is 4.96. The number of anilines is 1. The number of carbonyl (C=O) groups excluding carboxylic acids is 1. The minimum Gasteiger partial charge on any atom is -0.385 e. The van der Waals surface area contributed by atoms with E-state index >= 15 is 0 Å². The first-order valence-corrected chi connectivity index (χ1v) is 6.09. The van der Waals surface area contributed by atoms with Gasteiger partial charge in [-0.2, -0.15) is 0 Å². The summed E-state index contributed by atoms with van der Waals surface area (Å²) in [5.74, 6) is 0.400. The number of hydrogen-bond donors (Lipinski definition) is 2. The van der Waals surface area contributed by atoms with E-state index in [0.29, 0.717) is 18.0 Å². The fourth-order valence-corrected chi connectivity index (χ4v) is 1.64. The van der Waals surface area contributed by atoms with Crippen molar-refractivity contribution in [1.82, 2.24) is 10.3 Å². The molecule has 0 aliphatic rings. The van der Waals surface area contributed by atoms with Crippen LogP contribution in [0.2, 0.25) is 5.15 Å². The van der Waals surface area contributed by atoms with E-state index in [2.05, 4.69) is 15.6 Å². The second kappa shape index (κ2) is 7.18. The van der Waals surface area contributed by atoms with Crippen molar-refractivity contribution in [1.29, 1.82) is 0 Å². The molecule has 18 heavy (non-hydrogen) atoms. The first-order chi connectivity index (χ1) is 8.56. The van der Waals surface area contributed by atoms with Crippen molar-refractivity contribution in [2.45, 2.75) is 19.4 Å². The predicted molar refractivity (Wildman–Crippen MR) is 72.2 cm³/mol. The third-order valence-corrected chi connectivity index (χ3v) is 2.64. The van der Waals surface area contributed by atoms with Gasteiger partial charge in [-0.15, -0.1) is 0 Å². The van der Waals surface area contributed by atoms with E-state index in [4.69, 9.17) is 16.3 Å². The third-order valence-electron chi connectivity index (χ3n) is 2.44. The molecular weight excluding hydrogens is 254 g/mol. The number of halogens is 1. The van der Waals surface area contributed by atoms with Gasteiger partial charge in [0.2, 0.25) is 0 Å². The van der Waals surface area contributed by atoms with Gasteiger partial charge in [0.25, 0.3) is 5.91 Å². The SMILES string of the molecule is CNc1cc(C(=O)NC(C)CCOC)cc(Cl)n1. The normalized spacial score (nSPS) is 12.0. The number of ether oxygens (including phenoxy) is 1. The molecule has 0 spiro atoms. The molecule has 0 fully saturated rings. The molecule has 0 aliphatic carbocycles. The molecule has 1 aromatic rings. The molecule has 0 saturated carbocycles.